The van der Waals surface area contributed by atoms with Crippen molar-refractivity contribution in [1.29, 1.82) is 0 Å². The molecule has 0 saturated carbocycles. The summed E-state index contributed by atoms with van der Waals surface area (Å²) in [4.78, 5) is 0. The lowest BCUT2D eigenvalue weighted by Gasteiger charge is -2.28. The normalized spacial score (nSPS) is 10.7. The highest BCUT2D eigenvalue weighted by Gasteiger charge is 2.12. The van der Waals surface area contributed by atoms with Crippen LogP contribution in [0.4, 0.5) is 0 Å². The lowest BCUT2D eigenvalue weighted by atomic mass is 10.2. The van der Waals surface area contributed by atoms with Gasteiger partial charge in [-0.15, -0.1) is 0 Å². The van der Waals surface area contributed by atoms with Crippen LogP contribution in [0.2, 0.25) is 0 Å². The Morgan fingerprint density at radius 1 is 1.18 bits per heavy atom. The first-order chi connectivity index (χ1) is 7.87. The highest BCUT2D eigenvalue weighted by atomic mass is 35.6. The molecule has 0 heterocycles. The van der Waals surface area contributed by atoms with Crippen LogP contribution in [0.15, 0.2) is 43.0 Å². The van der Waals surface area contributed by atoms with E-state index in [1.165, 1.54) is 5.56 Å². The minimum absolute atomic E-state index is 0.966. The van der Waals surface area contributed by atoms with Gasteiger partial charge in [0.25, 0.3) is 0 Å². The topological polar surface area (TPSA) is 69.2 Å². The van der Waals surface area contributed by atoms with Crippen molar-refractivity contribution in [3.8, 4) is 0 Å². The third-order valence-electron chi connectivity index (χ3n) is 2.08. The van der Waals surface area contributed by atoms with E-state index in [4.69, 9.17) is 14.0 Å². The standard InChI is InChI=1S/C12H18N.ClO3/c1-4-10-13(2,3)11-12-8-6-5-7-9-12;2-1(3)4/h4-9H,1,10-11H2,2-3H3;/q+1;-1. The number of rotatable bonds is 4. The molecule has 0 atom stereocenters. The fraction of sp³-hybridized carbons (Fsp3) is 0.333. The van der Waals surface area contributed by atoms with Gasteiger partial charge in [0.05, 0.1) is 31.4 Å². The molecule has 17 heavy (non-hydrogen) atoms. The third kappa shape index (κ3) is 9.99. The molecule has 1 rings (SSSR count). The Hall–Kier alpha value is -0.910. The maximum Gasteiger partial charge on any atom is 0.104 e. The van der Waals surface area contributed by atoms with Crippen LogP contribution in [0.25, 0.3) is 0 Å². The number of halogens is 1. The molecule has 4 nitrogen and oxygen atoms in total. The Morgan fingerprint density at radius 2 is 1.65 bits per heavy atom. The van der Waals surface area contributed by atoms with E-state index in [0.717, 1.165) is 17.6 Å². The molecule has 0 unspecified atom stereocenters. The van der Waals surface area contributed by atoms with Crippen LogP contribution < -0.4 is 14.0 Å². The summed E-state index contributed by atoms with van der Waals surface area (Å²) in [6.45, 7) is 5.84. The second kappa shape index (κ2) is 8.22. The first-order valence-electron chi connectivity index (χ1n) is 5.07. The molecule has 0 saturated heterocycles. The molecule has 0 aliphatic heterocycles. The quantitative estimate of drug-likeness (QED) is 0.508. The summed E-state index contributed by atoms with van der Waals surface area (Å²) < 4.78 is 26.2. The van der Waals surface area contributed by atoms with Gasteiger partial charge >= 0.3 is 0 Å². The zero-order valence-electron chi connectivity index (χ0n) is 10.1. The molecule has 0 aliphatic carbocycles. The van der Waals surface area contributed by atoms with Crippen molar-refractivity contribution in [3.05, 3.63) is 48.6 Å². The Balaban J connectivity index is 0.000000557. The molecule has 0 N–H and O–H groups in total. The number of hydrogen-bond donors (Lipinski definition) is 0. The van der Waals surface area contributed by atoms with Crippen molar-refractivity contribution in [1.82, 2.24) is 0 Å². The first kappa shape index (κ1) is 16.1. The summed E-state index contributed by atoms with van der Waals surface area (Å²) in [5, 5.41) is 0. The fourth-order valence-electron chi connectivity index (χ4n) is 1.49. The largest absolute Gasteiger partial charge is 0.357 e. The highest BCUT2D eigenvalue weighted by Crippen LogP contribution is 2.08. The average molecular weight is 260 g/mol. The molecular formula is C12H18ClNO3. The zero-order chi connectivity index (χ0) is 13.3. The molecule has 96 valence electrons. The van der Waals surface area contributed by atoms with E-state index in [2.05, 4.69) is 51.0 Å². The number of hydrogen-bond acceptors (Lipinski definition) is 3. The molecule has 0 spiro atoms. The highest BCUT2D eigenvalue weighted by molar-refractivity contribution is 5.13. The second-order valence-electron chi connectivity index (χ2n) is 4.24. The van der Waals surface area contributed by atoms with E-state index < -0.39 is 10.8 Å². The Kier molecular flexibility index (Phi) is 7.78. The van der Waals surface area contributed by atoms with Crippen molar-refractivity contribution in [3.63, 3.8) is 0 Å². The Labute approximate surface area is 105 Å². The summed E-state index contributed by atoms with van der Waals surface area (Å²) in [5.41, 5.74) is 1.38. The number of quaternary nitrogens is 1. The Morgan fingerprint density at radius 3 is 2.06 bits per heavy atom. The van der Waals surface area contributed by atoms with Gasteiger partial charge in [-0.05, 0) is 6.08 Å². The van der Waals surface area contributed by atoms with Gasteiger partial charge in [0.2, 0.25) is 0 Å². The van der Waals surface area contributed by atoms with E-state index in [1.807, 2.05) is 6.08 Å². The van der Waals surface area contributed by atoms with E-state index in [1.54, 1.807) is 0 Å². The minimum atomic E-state index is -2.85. The smallest absolute Gasteiger partial charge is 0.104 e. The van der Waals surface area contributed by atoms with Gasteiger partial charge in [-0.25, -0.2) is 0 Å². The third-order valence-corrected chi connectivity index (χ3v) is 2.08. The number of benzene rings is 1. The van der Waals surface area contributed by atoms with Gasteiger partial charge in [-0.3, -0.25) is 0 Å². The molecular weight excluding hydrogens is 242 g/mol. The van der Waals surface area contributed by atoms with Gasteiger partial charge in [0.1, 0.15) is 6.54 Å². The summed E-state index contributed by atoms with van der Waals surface area (Å²) in [7, 11) is 1.58. The molecule has 0 fully saturated rings. The molecule has 0 radical (unpaired) electrons. The van der Waals surface area contributed by atoms with Gasteiger partial charge in [-0.1, -0.05) is 36.9 Å². The van der Waals surface area contributed by atoms with Crippen LogP contribution in [-0.2, 0) is 6.54 Å². The van der Waals surface area contributed by atoms with Gasteiger partial charge in [-0.2, -0.15) is 0 Å². The predicted octanol–water partition coefficient (Wildman–Crippen LogP) is -1.12. The molecule has 1 aromatic carbocycles. The molecule has 0 aromatic heterocycles. The van der Waals surface area contributed by atoms with E-state index >= 15 is 0 Å². The van der Waals surface area contributed by atoms with Gasteiger partial charge in [0.15, 0.2) is 0 Å². The minimum Gasteiger partial charge on any atom is -0.357 e. The van der Waals surface area contributed by atoms with Crippen LogP contribution in [-0.4, -0.2) is 25.1 Å². The van der Waals surface area contributed by atoms with Crippen molar-refractivity contribution in [2.75, 3.05) is 20.6 Å². The van der Waals surface area contributed by atoms with Crippen molar-refractivity contribution >= 4 is 0 Å². The van der Waals surface area contributed by atoms with Crippen LogP contribution >= 0.6 is 0 Å². The summed E-state index contributed by atoms with van der Waals surface area (Å²) in [5.74, 6) is 0. The van der Waals surface area contributed by atoms with Gasteiger partial charge < -0.3 is 18.5 Å². The molecule has 5 heteroatoms. The SMILES string of the molecule is C=CC[N+](C)(C)Cc1ccccc1.[O-][Cl+2]([O-])[O-]. The number of likely N-dealkylation sites (N-methyl/N-ethyl adjacent to an activating group) is 1. The summed E-state index contributed by atoms with van der Waals surface area (Å²) in [6.07, 6.45) is 1.98. The lowest BCUT2D eigenvalue weighted by molar-refractivity contribution is -1.73. The van der Waals surface area contributed by atoms with Crippen molar-refractivity contribution < 1.29 is 29.2 Å². The predicted molar refractivity (Wildman–Crippen MR) is 57.3 cm³/mol. The lowest BCUT2D eigenvalue weighted by Crippen LogP contribution is -2.42. The van der Waals surface area contributed by atoms with Crippen LogP contribution in [0.5, 0.6) is 0 Å². The maximum atomic E-state index is 8.41. The fourth-order valence-corrected chi connectivity index (χ4v) is 1.49. The van der Waals surface area contributed by atoms with Crippen LogP contribution in [0.1, 0.15) is 5.56 Å². The van der Waals surface area contributed by atoms with Crippen molar-refractivity contribution in [2.45, 2.75) is 6.54 Å². The number of nitrogens with zero attached hydrogens (tertiary/aromatic N) is 1. The maximum absolute atomic E-state index is 8.41. The van der Waals surface area contributed by atoms with Crippen LogP contribution in [0, 0.1) is 10.8 Å². The average Bonchev–Trinajstić information content (AvgIpc) is 2.17. The van der Waals surface area contributed by atoms with Gasteiger partial charge in [0, 0.05) is 5.56 Å². The summed E-state index contributed by atoms with van der Waals surface area (Å²) >= 11 is 0. The van der Waals surface area contributed by atoms with E-state index in [9.17, 15) is 0 Å². The molecule has 0 aliphatic rings. The molecule has 0 bridgehead atoms. The first-order valence-corrected chi connectivity index (χ1v) is 6.00. The van der Waals surface area contributed by atoms with Crippen molar-refractivity contribution in [2.24, 2.45) is 0 Å². The molecule has 1 aromatic rings. The summed E-state index contributed by atoms with van der Waals surface area (Å²) in [6, 6.07) is 10.6. The Bertz CT molecular complexity index is 312. The second-order valence-corrected chi connectivity index (χ2v) is 4.62. The van der Waals surface area contributed by atoms with E-state index in [-0.39, 0.29) is 0 Å². The zero-order valence-corrected chi connectivity index (χ0v) is 10.9. The van der Waals surface area contributed by atoms with Crippen LogP contribution in [0.3, 0.4) is 0 Å². The van der Waals surface area contributed by atoms with E-state index in [0.29, 0.717) is 0 Å². The monoisotopic (exact) mass is 259 g/mol. The molecule has 0 amide bonds.